The normalized spacial score (nSPS) is 12.5. The van der Waals surface area contributed by atoms with Crippen molar-refractivity contribution in [1.82, 2.24) is 0 Å². The molecule has 0 aliphatic rings. The minimum absolute atomic E-state index is 0.360. The highest BCUT2D eigenvalue weighted by molar-refractivity contribution is 5.35. The van der Waals surface area contributed by atoms with Gasteiger partial charge in [0.15, 0.2) is 0 Å². The lowest BCUT2D eigenvalue weighted by Gasteiger charge is -2.12. The van der Waals surface area contributed by atoms with Gasteiger partial charge in [-0.05, 0) is 55.4 Å². The van der Waals surface area contributed by atoms with Crippen molar-refractivity contribution in [2.75, 3.05) is 7.11 Å². The zero-order chi connectivity index (χ0) is 12.7. The van der Waals surface area contributed by atoms with Crippen molar-refractivity contribution in [2.45, 2.75) is 52.0 Å². The van der Waals surface area contributed by atoms with Gasteiger partial charge in [0.25, 0.3) is 0 Å². The summed E-state index contributed by atoms with van der Waals surface area (Å²) in [5.74, 6) is 0.954. The van der Waals surface area contributed by atoms with Crippen molar-refractivity contribution in [3.05, 3.63) is 29.3 Å². The number of benzene rings is 1. The highest BCUT2D eigenvalue weighted by Gasteiger charge is 2.04. The Morgan fingerprint density at radius 1 is 1.24 bits per heavy atom. The van der Waals surface area contributed by atoms with Crippen LogP contribution in [0.25, 0.3) is 0 Å². The van der Waals surface area contributed by atoms with Crippen LogP contribution in [0.5, 0.6) is 5.75 Å². The minimum atomic E-state index is 0.360. The SMILES string of the molecule is CCc1cc(OC)ccc1CCCC(N)CC. The minimum Gasteiger partial charge on any atom is -0.497 e. The highest BCUT2D eigenvalue weighted by atomic mass is 16.5. The van der Waals surface area contributed by atoms with Crippen LogP contribution in [0, 0.1) is 0 Å². The van der Waals surface area contributed by atoms with E-state index in [1.54, 1.807) is 7.11 Å². The maximum Gasteiger partial charge on any atom is 0.119 e. The van der Waals surface area contributed by atoms with Gasteiger partial charge in [-0.2, -0.15) is 0 Å². The number of hydrogen-bond donors (Lipinski definition) is 1. The fourth-order valence-electron chi connectivity index (χ4n) is 2.06. The van der Waals surface area contributed by atoms with Crippen LogP contribution in [0.15, 0.2) is 18.2 Å². The summed E-state index contributed by atoms with van der Waals surface area (Å²) in [5, 5.41) is 0. The van der Waals surface area contributed by atoms with Crippen LogP contribution >= 0.6 is 0 Å². The van der Waals surface area contributed by atoms with E-state index in [9.17, 15) is 0 Å². The predicted molar refractivity (Wildman–Crippen MR) is 73.6 cm³/mol. The first-order valence-corrected chi connectivity index (χ1v) is 6.62. The maximum absolute atomic E-state index is 5.93. The third kappa shape index (κ3) is 4.39. The van der Waals surface area contributed by atoms with Crippen molar-refractivity contribution in [3.8, 4) is 5.75 Å². The molecular formula is C15H25NO. The van der Waals surface area contributed by atoms with E-state index >= 15 is 0 Å². The zero-order valence-corrected chi connectivity index (χ0v) is 11.3. The lowest BCUT2D eigenvalue weighted by molar-refractivity contribution is 0.414. The molecule has 0 saturated carbocycles. The first-order valence-electron chi connectivity index (χ1n) is 6.62. The van der Waals surface area contributed by atoms with Crippen molar-refractivity contribution < 1.29 is 4.74 Å². The molecule has 0 fully saturated rings. The largest absolute Gasteiger partial charge is 0.497 e. The summed E-state index contributed by atoms with van der Waals surface area (Å²) in [6.07, 6.45) is 5.55. The van der Waals surface area contributed by atoms with E-state index in [4.69, 9.17) is 10.5 Å². The van der Waals surface area contributed by atoms with Gasteiger partial charge in [0.05, 0.1) is 7.11 Å². The molecule has 0 amide bonds. The van der Waals surface area contributed by atoms with Gasteiger partial charge in [-0.25, -0.2) is 0 Å². The summed E-state index contributed by atoms with van der Waals surface area (Å²) in [6, 6.07) is 6.75. The van der Waals surface area contributed by atoms with Gasteiger partial charge < -0.3 is 10.5 Å². The van der Waals surface area contributed by atoms with Gasteiger partial charge in [0.1, 0.15) is 5.75 Å². The fourth-order valence-corrected chi connectivity index (χ4v) is 2.06. The molecule has 0 radical (unpaired) electrons. The summed E-state index contributed by atoms with van der Waals surface area (Å²) < 4.78 is 5.25. The average molecular weight is 235 g/mol. The summed E-state index contributed by atoms with van der Waals surface area (Å²) >= 11 is 0. The molecule has 0 aliphatic carbocycles. The molecule has 1 unspecified atom stereocenters. The zero-order valence-electron chi connectivity index (χ0n) is 11.3. The molecule has 1 atom stereocenters. The molecule has 0 aliphatic heterocycles. The summed E-state index contributed by atoms with van der Waals surface area (Å²) in [6.45, 7) is 4.34. The Morgan fingerprint density at radius 3 is 2.59 bits per heavy atom. The second kappa shape index (κ2) is 7.33. The van der Waals surface area contributed by atoms with Gasteiger partial charge in [-0.15, -0.1) is 0 Å². The lowest BCUT2D eigenvalue weighted by atomic mass is 9.98. The van der Waals surface area contributed by atoms with Crippen LogP contribution in [0.4, 0.5) is 0 Å². The third-order valence-corrected chi connectivity index (χ3v) is 3.34. The molecule has 17 heavy (non-hydrogen) atoms. The van der Waals surface area contributed by atoms with E-state index in [0.717, 1.165) is 31.4 Å². The molecule has 1 aromatic carbocycles. The molecule has 0 saturated heterocycles. The second-order valence-electron chi connectivity index (χ2n) is 4.55. The number of rotatable bonds is 7. The Labute approximate surface area is 105 Å². The number of methoxy groups -OCH3 is 1. The Hall–Kier alpha value is -1.02. The molecule has 1 rings (SSSR count). The monoisotopic (exact) mass is 235 g/mol. The lowest BCUT2D eigenvalue weighted by Crippen LogP contribution is -2.18. The van der Waals surface area contributed by atoms with Crippen molar-refractivity contribution in [1.29, 1.82) is 0 Å². The van der Waals surface area contributed by atoms with Crippen molar-refractivity contribution >= 4 is 0 Å². The molecule has 2 heteroatoms. The maximum atomic E-state index is 5.93. The number of aryl methyl sites for hydroxylation is 2. The number of ether oxygens (including phenoxy) is 1. The molecule has 96 valence electrons. The third-order valence-electron chi connectivity index (χ3n) is 3.34. The van der Waals surface area contributed by atoms with Crippen LogP contribution in [0.2, 0.25) is 0 Å². The molecule has 0 heterocycles. The Bertz CT molecular complexity index is 336. The van der Waals surface area contributed by atoms with Gasteiger partial charge in [-0.3, -0.25) is 0 Å². The van der Waals surface area contributed by atoms with E-state index in [2.05, 4.69) is 26.0 Å². The van der Waals surface area contributed by atoms with E-state index < -0.39 is 0 Å². The fraction of sp³-hybridized carbons (Fsp3) is 0.600. The first kappa shape index (κ1) is 14.0. The van der Waals surface area contributed by atoms with Crippen molar-refractivity contribution in [2.24, 2.45) is 5.73 Å². The Kier molecular flexibility index (Phi) is 6.06. The summed E-state index contributed by atoms with van der Waals surface area (Å²) in [4.78, 5) is 0. The van der Waals surface area contributed by atoms with Gasteiger partial charge in [0.2, 0.25) is 0 Å². The van der Waals surface area contributed by atoms with Crippen molar-refractivity contribution in [3.63, 3.8) is 0 Å². The molecule has 0 spiro atoms. The summed E-state index contributed by atoms with van der Waals surface area (Å²) in [5.41, 5.74) is 8.77. The smallest absolute Gasteiger partial charge is 0.119 e. The van der Waals surface area contributed by atoms with Crippen LogP contribution in [0.3, 0.4) is 0 Å². The highest BCUT2D eigenvalue weighted by Crippen LogP contribution is 2.20. The van der Waals surface area contributed by atoms with Crippen LogP contribution in [0.1, 0.15) is 44.2 Å². The first-order chi connectivity index (χ1) is 8.21. The molecule has 2 N–H and O–H groups in total. The van der Waals surface area contributed by atoms with Gasteiger partial charge >= 0.3 is 0 Å². The second-order valence-corrected chi connectivity index (χ2v) is 4.55. The van der Waals surface area contributed by atoms with E-state index in [1.807, 2.05) is 6.07 Å². The van der Waals surface area contributed by atoms with Crippen LogP contribution < -0.4 is 10.5 Å². The number of nitrogens with two attached hydrogens (primary N) is 1. The molecule has 1 aromatic rings. The topological polar surface area (TPSA) is 35.2 Å². The number of hydrogen-bond acceptors (Lipinski definition) is 2. The molecular weight excluding hydrogens is 210 g/mol. The standard InChI is InChI=1S/C15H25NO/c1-4-12-11-15(17-3)10-9-13(12)7-6-8-14(16)5-2/h9-11,14H,4-8,16H2,1-3H3. The van der Waals surface area contributed by atoms with E-state index in [1.165, 1.54) is 17.5 Å². The molecule has 0 aromatic heterocycles. The van der Waals surface area contributed by atoms with Gasteiger partial charge in [0, 0.05) is 6.04 Å². The average Bonchev–Trinajstić information content (AvgIpc) is 2.38. The van der Waals surface area contributed by atoms with E-state index in [0.29, 0.717) is 6.04 Å². The van der Waals surface area contributed by atoms with Crippen LogP contribution in [-0.2, 0) is 12.8 Å². The van der Waals surface area contributed by atoms with Gasteiger partial charge in [-0.1, -0.05) is 19.9 Å². The molecule has 0 bridgehead atoms. The Balaban J connectivity index is 2.58. The molecule has 2 nitrogen and oxygen atoms in total. The summed E-state index contributed by atoms with van der Waals surface area (Å²) in [7, 11) is 1.72. The van der Waals surface area contributed by atoms with Crippen LogP contribution in [-0.4, -0.2) is 13.2 Å². The van der Waals surface area contributed by atoms with E-state index in [-0.39, 0.29) is 0 Å². The Morgan fingerprint density at radius 2 is 2.00 bits per heavy atom. The predicted octanol–water partition coefficient (Wildman–Crippen LogP) is 3.32. The quantitative estimate of drug-likeness (QED) is 0.787.